The third-order valence-corrected chi connectivity index (χ3v) is 5.64. The summed E-state index contributed by atoms with van der Waals surface area (Å²) in [6, 6.07) is 1.73. The summed E-state index contributed by atoms with van der Waals surface area (Å²) in [7, 11) is -3.69. The molecule has 1 aromatic rings. The normalized spacial score (nSPS) is 19.2. The summed E-state index contributed by atoms with van der Waals surface area (Å²) in [6.45, 7) is 9.43. The highest BCUT2D eigenvalue weighted by molar-refractivity contribution is 7.91. The van der Waals surface area contributed by atoms with Gasteiger partial charge in [0.15, 0.2) is 0 Å². The fraction of sp³-hybridized carbons (Fsp3) is 0.688. The van der Waals surface area contributed by atoms with Gasteiger partial charge in [-0.3, -0.25) is 0 Å². The van der Waals surface area contributed by atoms with Crippen LogP contribution in [0.15, 0.2) is 11.2 Å². The number of piperidine rings is 1. The molecule has 1 aromatic heterocycles. The summed E-state index contributed by atoms with van der Waals surface area (Å²) in [5.41, 5.74) is 0.612. The molecule has 1 saturated heterocycles. The summed E-state index contributed by atoms with van der Waals surface area (Å²) < 4.78 is 31.0. The van der Waals surface area contributed by atoms with Crippen molar-refractivity contribution >= 4 is 15.9 Å². The van der Waals surface area contributed by atoms with Gasteiger partial charge in [-0.15, -0.1) is 0 Å². The van der Waals surface area contributed by atoms with E-state index in [2.05, 4.69) is 9.97 Å². The first-order valence-corrected chi connectivity index (χ1v) is 9.58. The van der Waals surface area contributed by atoms with Crippen LogP contribution in [0.4, 0.5) is 4.79 Å². The van der Waals surface area contributed by atoms with Gasteiger partial charge in [0.25, 0.3) is 0 Å². The maximum Gasteiger partial charge on any atom is 0.410 e. The largest absolute Gasteiger partial charge is 0.444 e. The molecule has 0 saturated carbocycles. The van der Waals surface area contributed by atoms with Gasteiger partial charge < -0.3 is 9.64 Å². The number of amides is 1. The van der Waals surface area contributed by atoms with Gasteiger partial charge in [0.05, 0.1) is 5.25 Å². The predicted octanol–water partition coefficient (Wildman–Crippen LogP) is 2.27. The maximum absolute atomic E-state index is 12.8. The van der Waals surface area contributed by atoms with Gasteiger partial charge in [-0.1, -0.05) is 0 Å². The van der Waals surface area contributed by atoms with Crippen LogP contribution in [-0.2, 0) is 14.6 Å². The van der Waals surface area contributed by atoms with Crippen LogP contribution in [-0.4, -0.2) is 53.3 Å². The first kappa shape index (κ1) is 18.6. The van der Waals surface area contributed by atoms with Gasteiger partial charge in [0, 0.05) is 24.5 Å². The third-order valence-electron chi connectivity index (χ3n) is 3.68. The van der Waals surface area contributed by atoms with Crippen molar-refractivity contribution in [2.75, 3.05) is 13.1 Å². The van der Waals surface area contributed by atoms with Gasteiger partial charge in [-0.25, -0.2) is 23.2 Å². The smallest absolute Gasteiger partial charge is 0.410 e. The number of aryl methyl sites for hydroxylation is 2. The fourth-order valence-corrected chi connectivity index (χ4v) is 4.35. The molecule has 134 valence electrons. The Hall–Kier alpha value is -1.70. The van der Waals surface area contributed by atoms with Crippen molar-refractivity contribution in [2.24, 2.45) is 0 Å². The number of hydrogen-bond donors (Lipinski definition) is 0. The number of likely N-dealkylation sites (tertiary alicyclic amines) is 1. The second kappa shape index (κ2) is 6.66. The zero-order chi connectivity index (χ0) is 18.1. The number of nitrogens with zero attached hydrogens (tertiary/aromatic N) is 3. The van der Waals surface area contributed by atoms with Crippen molar-refractivity contribution in [3.8, 4) is 0 Å². The van der Waals surface area contributed by atoms with Crippen LogP contribution in [0.2, 0.25) is 0 Å². The quantitative estimate of drug-likeness (QED) is 0.756. The SMILES string of the molecule is Cc1cc(C)nc(S(=O)(=O)[C@H]2CCCN(C(=O)OC(C)(C)C)C2)n1. The molecular formula is C16H25N3O4S. The standard InChI is InChI=1S/C16H25N3O4S/c1-11-9-12(2)18-14(17-11)24(21,22)13-7-6-8-19(10-13)15(20)23-16(3,4)5/h9,13H,6-8,10H2,1-5H3/t13-/m0/s1. The molecule has 0 spiro atoms. The van der Waals surface area contributed by atoms with Crippen LogP contribution in [0, 0.1) is 13.8 Å². The molecule has 2 heterocycles. The first-order chi connectivity index (χ1) is 11.0. The zero-order valence-electron chi connectivity index (χ0n) is 14.9. The molecule has 1 fully saturated rings. The van der Waals surface area contributed by atoms with Crippen LogP contribution in [0.1, 0.15) is 45.0 Å². The van der Waals surface area contributed by atoms with Gasteiger partial charge in [0.1, 0.15) is 5.60 Å². The van der Waals surface area contributed by atoms with Gasteiger partial charge in [0.2, 0.25) is 15.0 Å². The van der Waals surface area contributed by atoms with Gasteiger partial charge >= 0.3 is 6.09 Å². The Morgan fingerprint density at radius 1 is 1.25 bits per heavy atom. The van der Waals surface area contributed by atoms with Crippen LogP contribution >= 0.6 is 0 Å². The molecule has 1 aliphatic heterocycles. The molecule has 8 heteroatoms. The summed E-state index contributed by atoms with van der Waals surface area (Å²) >= 11 is 0. The van der Waals surface area contributed by atoms with E-state index in [4.69, 9.17) is 4.74 Å². The lowest BCUT2D eigenvalue weighted by Gasteiger charge is -2.33. The Morgan fingerprint density at radius 2 is 1.83 bits per heavy atom. The lowest BCUT2D eigenvalue weighted by Crippen LogP contribution is -2.47. The van der Waals surface area contributed by atoms with Crippen molar-refractivity contribution in [3.63, 3.8) is 0 Å². The molecule has 1 aliphatic rings. The highest BCUT2D eigenvalue weighted by Gasteiger charge is 2.37. The Bertz CT molecular complexity index is 705. The molecule has 0 unspecified atom stereocenters. The van der Waals surface area contributed by atoms with E-state index in [0.717, 1.165) is 0 Å². The van der Waals surface area contributed by atoms with E-state index in [1.807, 2.05) is 0 Å². The molecule has 24 heavy (non-hydrogen) atoms. The van der Waals surface area contributed by atoms with Crippen LogP contribution in [0.3, 0.4) is 0 Å². The first-order valence-electron chi connectivity index (χ1n) is 8.03. The number of ether oxygens (including phenoxy) is 1. The minimum atomic E-state index is -3.69. The van der Waals surface area contributed by atoms with Crippen molar-refractivity contribution in [1.82, 2.24) is 14.9 Å². The molecule has 0 aromatic carbocycles. The Balaban J connectivity index is 2.20. The molecule has 1 amide bonds. The molecule has 0 N–H and O–H groups in total. The zero-order valence-corrected chi connectivity index (χ0v) is 15.7. The van der Waals surface area contributed by atoms with E-state index in [1.165, 1.54) is 4.90 Å². The number of sulfone groups is 1. The average molecular weight is 355 g/mol. The van der Waals surface area contributed by atoms with Crippen LogP contribution in [0.25, 0.3) is 0 Å². The molecule has 1 atom stereocenters. The Morgan fingerprint density at radius 3 is 2.38 bits per heavy atom. The number of carbonyl (C=O) groups excluding carboxylic acids is 1. The highest BCUT2D eigenvalue weighted by atomic mass is 32.2. The minimum Gasteiger partial charge on any atom is -0.444 e. The lowest BCUT2D eigenvalue weighted by atomic mass is 10.1. The molecule has 0 aliphatic carbocycles. The van der Waals surface area contributed by atoms with E-state index < -0.39 is 26.8 Å². The predicted molar refractivity (Wildman–Crippen MR) is 89.5 cm³/mol. The average Bonchev–Trinajstić information content (AvgIpc) is 2.44. The number of carbonyl (C=O) groups is 1. The monoisotopic (exact) mass is 355 g/mol. The molecular weight excluding hydrogens is 330 g/mol. The lowest BCUT2D eigenvalue weighted by molar-refractivity contribution is 0.0219. The van der Waals surface area contributed by atoms with Crippen molar-refractivity contribution < 1.29 is 17.9 Å². The molecule has 7 nitrogen and oxygen atoms in total. The van der Waals surface area contributed by atoms with E-state index in [-0.39, 0.29) is 11.7 Å². The van der Waals surface area contributed by atoms with E-state index in [9.17, 15) is 13.2 Å². The van der Waals surface area contributed by atoms with Crippen LogP contribution in [0.5, 0.6) is 0 Å². The van der Waals surface area contributed by atoms with Crippen molar-refractivity contribution in [3.05, 3.63) is 17.5 Å². The summed E-state index contributed by atoms with van der Waals surface area (Å²) in [5.74, 6) is 0. The molecule has 2 rings (SSSR count). The number of hydrogen-bond acceptors (Lipinski definition) is 6. The maximum atomic E-state index is 12.8. The van der Waals surface area contributed by atoms with E-state index in [0.29, 0.717) is 30.8 Å². The van der Waals surface area contributed by atoms with Gasteiger partial charge in [-0.2, -0.15) is 0 Å². The van der Waals surface area contributed by atoms with Crippen molar-refractivity contribution in [1.29, 1.82) is 0 Å². The Labute approximate surface area is 143 Å². The highest BCUT2D eigenvalue weighted by Crippen LogP contribution is 2.23. The number of aromatic nitrogens is 2. The van der Waals surface area contributed by atoms with Crippen molar-refractivity contribution in [2.45, 2.75) is 63.5 Å². The second-order valence-corrected chi connectivity index (χ2v) is 9.29. The molecule has 0 bridgehead atoms. The van der Waals surface area contributed by atoms with E-state index in [1.54, 1.807) is 40.7 Å². The van der Waals surface area contributed by atoms with E-state index >= 15 is 0 Å². The Kier molecular flexibility index (Phi) is 5.17. The fourth-order valence-electron chi connectivity index (χ4n) is 2.65. The second-order valence-electron chi connectivity index (χ2n) is 7.17. The van der Waals surface area contributed by atoms with Gasteiger partial charge in [-0.05, 0) is 53.5 Å². The topological polar surface area (TPSA) is 89.5 Å². The third kappa shape index (κ3) is 4.43. The minimum absolute atomic E-state index is 0.105. The summed E-state index contributed by atoms with van der Waals surface area (Å²) in [4.78, 5) is 21.8. The molecule has 0 radical (unpaired) electrons. The summed E-state index contributed by atoms with van der Waals surface area (Å²) in [6.07, 6.45) is 0.607. The number of rotatable bonds is 2. The van der Waals surface area contributed by atoms with Crippen LogP contribution < -0.4 is 0 Å². The summed E-state index contributed by atoms with van der Waals surface area (Å²) in [5, 5.41) is -0.865.